The summed E-state index contributed by atoms with van der Waals surface area (Å²) in [5, 5.41) is 9.87. The van der Waals surface area contributed by atoms with E-state index in [0.29, 0.717) is 75.9 Å². The third-order valence-corrected chi connectivity index (χ3v) is 15.5. The maximum absolute atomic E-state index is 13.4. The van der Waals surface area contributed by atoms with Gasteiger partial charge in [0.2, 0.25) is 0 Å². The molecule has 2 fully saturated rings. The Labute approximate surface area is 462 Å². The minimum absolute atomic E-state index is 0. The summed E-state index contributed by atoms with van der Waals surface area (Å²) in [5.41, 5.74) is 1.99. The number of sulfonamides is 2. The number of aromatic hydroxyl groups is 1. The number of anilines is 2. The van der Waals surface area contributed by atoms with Crippen LogP contribution < -0.4 is 85.2 Å². The van der Waals surface area contributed by atoms with Gasteiger partial charge in [0.1, 0.15) is 23.0 Å². The molecule has 3 N–H and O–H groups in total. The van der Waals surface area contributed by atoms with Crippen molar-refractivity contribution in [2.45, 2.75) is 35.5 Å². The van der Waals surface area contributed by atoms with E-state index in [0.717, 1.165) is 0 Å². The molecule has 0 radical (unpaired) electrons. The quantitative estimate of drug-likeness (QED) is 0.0988. The molecule has 2 aliphatic carbocycles. The molecule has 0 spiro atoms. The van der Waals surface area contributed by atoms with E-state index in [-0.39, 0.29) is 92.6 Å². The molecule has 2 saturated carbocycles. The molecular formula is C53H56ClLiN6O14S2. The summed E-state index contributed by atoms with van der Waals surface area (Å²) in [5.74, 6) is 4.33. The summed E-state index contributed by atoms with van der Waals surface area (Å²) in [6, 6.07) is 28.7. The number of benzene rings is 6. The number of aryl methyl sites for hydroxylation is 4. The van der Waals surface area contributed by atoms with E-state index >= 15 is 0 Å². The third kappa shape index (κ3) is 12.7. The van der Waals surface area contributed by atoms with E-state index in [1.807, 2.05) is 18.2 Å². The van der Waals surface area contributed by atoms with Gasteiger partial charge < -0.3 is 50.7 Å². The van der Waals surface area contributed by atoms with Crippen molar-refractivity contribution in [2.75, 3.05) is 44.0 Å². The van der Waals surface area contributed by atoms with Crippen LogP contribution in [0.5, 0.6) is 57.5 Å². The average Bonchev–Trinajstić information content (AvgIpc) is 4.36. The van der Waals surface area contributed by atoms with Gasteiger partial charge in [0.05, 0.1) is 77.8 Å². The number of phenols is 1. The minimum atomic E-state index is -4.12. The number of phenolic OH excluding ortho intramolecular Hbond substituents is 1. The smallest absolute Gasteiger partial charge is 1.00 e. The first kappa shape index (κ1) is 57.4. The SMILES string of the molecule is COc1cc(S(=O)(=O)Nc2cc3c(cc2Oc2cccc(OCC4CC4)c2)n(C)c(=O)n3C)ccc1O.COc1ccc(S(=O)(=O)Nc2cc3c(cc2Oc2cccc(OCC4CC4)c2)n(C)c(=O)n3C)cc1OC.[Cl-].[Li+]. The standard InChI is InChI=1S/C27H29N3O7S.C26H27N3O7S.ClH.Li/c1-29-22-14-21(28-38(32,33)20-10-11-24(34-3)26(13-20)35-4)25(15-23(22)30(2)27(29)31)37-19-7-5-6-18(12-19)36-16-17-8-9-17;1-28-21-13-20(27-37(32,33)19-9-10-23(30)25(12-19)34-3)24(14-22(21)29(2)26(28)31)36-18-6-4-5-17(11-18)35-15-16-7-8-16;;/h5-7,10-15,17,28H,8-9,16H2,1-4H3;4-6,9-14,16,27,30H,7-8,15H2,1-3H3;1H;/q;;;+1/p-1. The number of methoxy groups -OCH3 is 3. The number of aromatic nitrogens is 4. The van der Waals surface area contributed by atoms with Gasteiger partial charge in [0.25, 0.3) is 20.0 Å². The summed E-state index contributed by atoms with van der Waals surface area (Å²) in [6.45, 7) is 1.29. The number of fused-ring (bicyclic) bond motifs is 2. The van der Waals surface area contributed by atoms with Gasteiger partial charge in [-0.3, -0.25) is 27.7 Å². The maximum Gasteiger partial charge on any atom is 1.00 e. The molecule has 0 saturated heterocycles. The predicted octanol–water partition coefficient (Wildman–Crippen LogP) is 2.26. The normalized spacial score (nSPS) is 13.1. The summed E-state index contributed by atoms with van der Waals surface area (Å²) in [7, 11) is 2.55. The Bertz CT molecular complexity index is 3830. The van der Waals surface area contributed by atoms with E-state index in [9.17, 15) is 31.5 Å². The molecule has 0 bridgehead atoms. The summed E-state index contributed by atoms with van der Waals surface area (Å²) >= 11 is 0. The number of imidazole rings is 2. The van der Waals surface area contributed by atoms with E-state index in [2.05, 4.69) is 9.44 Å². The Balaban J connectivity index is 0.000000218. The molecule has 8 aromatic rings. The van der Waals surface area contributed by atoms with E-state index in [1.165, 1.54) is 102 Å². The number of hydrogen-bond donors (Lipinski definition) is 3. The van der Waals surface area contributed by atoms with Crippen molar-refractivity contribution in [1.29, 1.82) is 0 Å². The predicted molar refractivity (Wildman–Crippen MR) is 282 cm³/mol. The fraction of sp³-hybridized carbons (Fsp3) is 0.283. The van der Waals surface area contributed by atoms with Crippen LogP contribution in [0.3, 0.4) is 0 Å². The summed E-state index contributed by atoms with van der Waals surface area (Å²) in [6.07, 6.45) is 4.69. The molecule has 0 aliphatic heterocycles. The van der Waals surface area contributed by atoms with Gasteiger partial charge in [-0.2, -0.15) is 0 Å². The molecule has 0 amide bonds. The molecule has 6 aromatic carbocycles. The van der Waals surface area contributed by atoms with Crippen LogP contribution in [-0.4, -0.2) is 74.8 Å². The van der Waals surface area contributed by atoms with Crippen LogP contribution in [0.4, 0.5) is 11.4 Å². The molecule has 0 unspecified atom stereocenters. The summed E-state index contributed by atoms with van der Waals surface area (Å²) in [4.78, 5) is 25.0. The van der Waals surface area contributed by atoms with Crippen molar-refractivity contribution in [3.8, 4) is 57.5 Å². The second-order valence-electron chi connectivity index (χ2n) is 18.2. The number of ether oxygens (including phenoxy) is 7. The van der Waals surface area contributed by atoms with Gasteiger partial charge in [-0.25, -0.2) is 26.4 Å². The number of rotatable bonds is 19. The zero-order valence-corrected chi connectivity index (χ0v) is 45.9. The molecular weight excluding hydrogens is 1050 g/mol. The molecule has 2 heterocycles. The Morgan fingerprint density at radius 2 is 0.870 bits per heavy atom. The fourth-order valence-electron chi connectivity index (χ4n) is 8.10. The molecule has 24 heteroatoms. The number of halogens is 1. The Morgan fingerprint density at radius 1 is 0.494 bits per heavy atom. The van der Waals surface area contributed by atoms with Gasteiger partial charge >= 0.3 is 30.2 Å². The van der Waals surface area contributed by atoms with Crippen molar-refractivity contribution in [3.63, 3.8) is 0 Å². The molecule has 10 rings (SSSR count). The molecule has 2 aromatic heterocycles. The second kappa shape index (κ2) is 23.5. The zero-order valence-electron chi connectivity index (χ0n) is 43.5. The van der Waals surface area contributed by atoms with E-state index < -0.39 is 20.0 Å². The van der Waals surface area contributed by atoms with E-state index in [1.54, 1.807) is 82.8 Å². The topological polar surface area (TPSA) is 231 Å². The Kier molecular flexibility index (Phi) is 17.5. The van der Waals surface area contributed by atoms with E-state index in [4.69, 9.17) is 33.2 Å². The van der Waals surface area contributed by atoms with Gasteiger partial charge in [-0.15, -0.1) is 0 Å². The third-order valence-electron chi connectivity index (χ3n) is 12.8. The zero-order chi connectivity index (χ0) is 53.3. The average molecular weight is 1110 g/mol. The first-order valence-electron chi connectivity index (χ1n) is 23.7. The van der Waals surface area contributed by atoms with Crippen molar-refractivity contribution in [1.82, 2.24) is 18.3 Å². The molecule has 402 valence electrons. The van der Waals surface area contributed by atoms with Crippen LogP contribution in [-0.2, 0) is 48.2 Å². The van der Waals surface area contributed by atoms with Gasteiger partial charge in [0.15, 0.2) is 34.5 Å². The van der Waals surface area contributed by atoms with Crippen molar-refractivity contribution in [2.24, 2.45) is 40.0 Å². The van der Waals surface area contributed by atoms with Gasteiger partial charge in [-0.05, 0) is 98.2 Å². The second-order valence-corrected chi connectivity index (χ2v) is 21.6. The van der Waals surface area contributed by atoms with Crippen LogP contribution in [0.2, 0.25) is 0 Å². The van der Waals surface area contributed by atoms with Gasteiger partial charge in [0, 0.05) is 64.6 Å². The number of nitrogens with one attached hydrogen (secondary N) is 2. The van der Waals surface area contributed by atoms with Crippen LogP contribution in [0.15, 0.2) is 129 Å². The Hall–Kier alpha value is -7.35. The Morgan fingerprint density at radius 3 is 1.27 bits per heavy atom. The molecule has 77 heavy (non-hydrogen) atoms. The van der Waals surface area contributed by atoms with Crippen molar-refractivity contribution in [3.05, 3.63) is 130 Å². The first-order valence-corrected chi connectivity index (χ1v) is 26.7. The van der Waals surface area contributed by atoms with Crippen LogP contribution >= 0.6 is 0 Å². The first-order chi connectivity index (χ1) is 35.9. The van der Waals surface area contributed by atoms with Crippen LogP contribution in [0.1, 0.15) is 25.7 Å². The largest absolute Gasteiger partial charge is 1.00 e. The van der Waals surface area contributed by atoms with Crippen LogP contribution in [0, 0.1) is 11.8 Å². The number of nitrogens with zero attached hydrogens (tertiary/aromatic N) is 4. The van der Waals surface area contributed by atoms with Crippen molar-refractivity contribution < 1.29 is 86.4 Å². The molecule has 20 nitrogen and oxygen atoms in total. The van der Waals surface area contributed by atoms with Crippen LogP contribution in [0.25, 0.3) is 22.1 Å². The summed E-state index contributed by atoms with van der Waals surface area (Å²) < 4.78 is 104. The fourth-order valence-corrected chi connectivity index (χ4v) is 10.3. The molecule has 0 atom stereocenters. The minimum Gasteiger partial charge on any atom is -1.00 e. The monoisotopic (exact) mass is 1110 g/mol. The molecule has 2 aliphatic rings. The van der Waals surface area contributed by atoms with Crippen molar-refractivity contribution >= 4 is 53.5 Å². The van der Waals surface area contributed by atoms with Gasteiger partial charge in [-0.1, -0.05) is 12.1 Å². The maximum atomic E-state index is 13.4. The number of hydrogen-bond acceptors (Lipinski definition) is 14.